The van der Waals surface area contributed by atoms with Gasteiger partial charge in [0.15, 0.2) is 5.96 Å². The first-order valence-electron chi connectivity index (χ1n) is 6.96. The van der Waals surface area contributed by atoms with E-state index in [1.807, 2.05) is 0 Å². The molecule has 1 aliphatic heterocycles. The Kier molecular flexibility index (Phi) is 7.25. The zero-order valence-corrected chi connectivity index (χ0v) is 13.4. The molecular weight excluding hydrogens is 280 g/mol. The SMILES string of the molecule is CN=C(NCCS(=O)(=O)N1CCOCC1)NCC(C)C. The third-order valence-corrected chi connectivity index (χ3v) is 4.79. The number of nitrogens with one attached hydrogen (secondary N) is 2. The van der Waals surface area contributed by atoms with Crippen LogP contribution in [-0.4, -0.2) is 70.9 Å². The van der Waals surface area contributed by atoms with E-state index in [9.17, 15) is 8.42 Å². The Bertz CT molecular complexity index is 403. The Morgan fingerprint density at radius 3 is 2.50 bits per heavy atom. The van der Waals surface area contributed by atoms with Crippen molar-refractivity contribution in [3.63, 3.8) is 0 Å². The predicted molar refractivity (Wildman–Crippen MR) is 80.4 cm³/mol. The molecule has 2 N–H and O–H groups in total. The summed E-state index contributed by atoms with van der Waals surface area (Å²) in [6.45, 7) is 7.19. The Hall–Kier alpha value is -0.860. The first-order valence-corrected chi connectivity index (χ1v) is 8.56. The van der Waals surface area contributed by atoms with Crippen LogP contribution in [0.2, 0.25) is 0 Å². The van der Waals surface area contributed by atoms with E-state index in [0.29, 0.717) is 44.7 Å². The molecule has 0 bridgehead atoms. The highest BCUT2D eigenvalue weighted by Gasteiger charge is 2.23. The highest BCUT2D eigenvalue weighted by Crippen LogP contribution is 2.04. The number of ether oxygens (including phenoxy) is 1. The van der Waals surface area contributed by atoms with E-state index in [0.717, 1.165) is 6.54 Å². The summed E-state index contributed by atoms with van der Waals surface area (Å²) in [4.78, 5) is 4.06. The summed E-state index contributed by atoms with van der Waals surface area (Å²) in [7, 11) is -1.54. The summed E-state index contributed by atoms with van der Waals surface area (Å²) >= 11 is 0. The van der Waals surface area contributed by atoms with Gasteiger partial charge in [0.1, 0.15) is 0 Å². The number of sulfonamides is 1. The second-order valence-electron chi connectivity index (χ2n) is 5.10. The van der Waals surface area contributed by atoms with Crippen molar-refractivity contribution in [2.75, 3.05) is 52.2 Å². The Morgan fingerprint density at radius 1 is 1.30 bits per heavy atom. The lowest BCUT2D eigenvalue weighted by Gasteiger charge is -2.26. The predicted octanol–water partition coefficient (Wildman–Crippen LogP) is -0.531. The van der Waals surface area contributed by atoms with Crippen molar-refractivity contribution in [3.8, 4) is 0 Å². The molecule has 0 unspecified atom stereocenters. The van der Waals surface area contributed by atoms with Gasteiger partial charge in [-0.25, -0.2) is 8.42 Å². The number of hydrogen-bond donors (Lipinski definition) is 2. The van der Waals surface area contributed by atoms with E-state index in [2.05, 4.69) is 29.5 Å². The average molecular weight is 306 g/mol. The number of guanidine groups is 1. The van der Waals surface area contributed by atoms with Crippen molar-refractivity contribution in [1.29, 1.82) is 0 Å². The third kappa shape index (κ3) is 6.06. The summed E-state index contributed by atoms with van der Waals surface area (Å²) in [5, 5.41) is 6.17. The lowest BCUT2D eigenvalue weighted by molar-refractivity contribution is 0.0730. The van der Waals surface area contributed by atoms with Crippen molar-refractivity contribution in [3.05, 3.63) is 0 Å². The molecule has 8 heteroatoms. The van der Waals surface area contributed by atoms with Gasteiger partial charge in [0.2, 0.25) is 10.0 Å². The van der Waals surface area contributed by atoms with Gasteiger partial charge >= 0.3 is 0 Å². The fourth-order valence-corrected chi connectivity index (χ4v) is 3.10. The number of aliphatic imine (C=N–C) groups is 1. The monoisotopic (exact) mass is 306 g/mol. The van der Waals surface area contributed by atoms with Crippen molar-refractivity contribution < 1.29 is 13.2 Å². The zero-order chi connectivity index (χ0) is 15.0. The van der Waals surface area contributed by atoms with E-state index in [4.69, 9.17) is 4.74 Å². The fourth-order valence-electron chi connectivity index (χ4n) is 1.77. The summed E-state index contributed by atoms with van der Waals surface area (Å²) in [5.74, 6) is 1.21. The van der Waals surface area contributed by atoms with Crippen LogP contribution < -0.4 is 10.6 Å². The van der Waals surface area contributed by atoms with Crippen LogP contribution in [0, 0.1) is 5.92 Å². The maximum atomic E-state index is 12.1. The van der Waals surface area contributed by atoms with Crippen LogP contribution in [0.1, 0.15) is 13.8 Å². The average Bonchev–Trinajstić information content (AvgIpc) is 2.43. The highest BCUT2D eigenvalue weighted by molar-refractivity contribution is 7.89. The number of morpholine rings is 1. The third-order valence-electron chi connectivity index (χ3n) is 2.92. The molecule has 20 heavy (non-hydrogen) atoms. The molecule has 7 nitrogen and oxygen atoms in total. The van der Waals surface area contributed by atoms with Gasteiger partial charge in [-0.3, -0.25) is 4.99 Å². The molecule has 1 aliphatic rings. The molecule has 0 aromatic heterocycles. The van der Waals surface area contributed by atoms with Gasteiger partial charge in [-0.05, 0) is 5.92 Å². The smallest absolute Gasteiger partial charge is 0.215 e. The fraction of sp³-hybridized carbons (Fsp3) is 0.917. The highest BCUT2D eigenvalue weighted by atomic mass is 32.2. The first kappa shape index (κ1) is 17.2. The molecule has 0 aliphatic carbocycles. The molecular formula is C12H26N4O3S. The van der Waals surface area contributed by atoms with Gasteiger partial charge in [0.25, 0.3) is 0 Å². The van der Waals surface area contributed by atoms with Gasteiger partial charge in [-0.1, -0.05) is 13.8 Å². The van der Waals surface area contributed by atoms with E-state index >= 15 is 0 Å². The maximum absolute atomic E-state index is 12.1. The topological polar surface area (TPSA) is 83.0 Å². The standard InChI is InChI=1S/C12H26N4O3S/c1-11(2)10-15-12(13-3)14-4-9-20(17,18)16-5-7-19-8-6-16/h11H,4-10H2,1-3H3,(H2,13,14,15). The number of hydrogen-bond acceptors (Lipinski definition) is 4. The van der Waals surface area contributed by atoms with Crippen molar-refractivity contribution in [2.45, 2.75) is 13.8 Å². The molecule has 0 saturated carbocycles. The molecule has 118 valence electrons. The van der Waals surface area contributed by atoms with Crippen LogP contribution in [0.3, 0.4) is 0 Å². The minimum atomic E-state index is -3.21. The second kappa shape index (κ2) is 8.43. The molecule has 0 amide bonds. The Balaban J connectivity index is 2.34. The summed E-state index contributed by atoms with van der Waals surface area (Å²) in [6, 6.07) is 0. The molecule has 0 aromatic rings. The van der Waals surface area contributed by atoms with Crippen molar-refractivity contribution >= 4 is 16.0 Å². The zero-order valence-electron chi connectivity index (χ0n) is 12.6. The second-order valence-corrected chi connectivity index (χ2v) is 7.19. The molecule has 0 aromatic carbocycles. The van der Waals surface area contributed by atoms with Gasteiger partial charge in [-0.15, -0.1) is 0 Å². The Labute approximate surface area is 121 Å². The van der Waals surface area contributed by atoms with E-state index in [-0.39, 0.29) is 5.75 Å². The van der Waals surface area contributed by atoms with E-state index in [1.54, 1.807) is 7.05 Å². The quantitative estimate of drug-likeness (QED) is 0.509. The minimum absolute atomic E-state index is 0.0649. The first-order chi connectivity index (χ1) is 9.45. The van der Waals surface area contributed by atoms with Crippen LogP contribution in [-0.2, 0) is 14.8 Å². The molecule has 1 saturated heterocycles. The van der Waals surface area contributed by atoms with E-state index in [1.165, 1.54) is 4.31 Å². The molecule has 1 rings (SSSR count). The maximum Gasteiger partial charge on any atom is 0.215 e. The lowest BCUT2D eigenvalue weighted by Crippen LogP contribution is -2.45. The van der Waals surface area contributed by atoms with Crippen LogP contribution in [0.25, 0.3) is 0 Å². The molecule has 1 heterocycles. The normalized spacial score (nSPS) is 18.3. The number of rotatable bonds is 6. The Morgan fingerprint density at radius 2 is 1.95 bits per heavy atom. The summed E-state index contributed by atoms with van der Waals surface area (Å²) in [6.07, 6.45) is 0. The van der Waals surface area contributed by atoms with Crippen molar-refractivity contribution in [2.24, 2.45) is 10.9 Å². The molecule has 1 fully saturated rings. The lowest BCUT2D eigenvalue weighted by atomic mass is 10.2. The summed E-state index contributed by atoms with van der Waals surface area (Å²) in [5.41, 5.74) is 0. The molecule has 0 radical (unpaired) electrons. The van der Waals surface area contributed by atoms with Crippen LogP contribution in [0.15, 0.2) is 4.99 Å². The number of nitrogens with zero attached hydrogens (tertiary/aromatic N) is 2. The summed E-state index contributed by atoms with van der Waals surface area (Å²) < 4.78 is 30.8. The van der Waals surface area contributed by atoms with Crippen LogP contribution in [0.5, 0.6) is 0 Å². The van der Waals surface area contributed by atoms with E-state index < -0.39 is 10.0 Å². The van der Waals surface area contributed by atoms with Crippen LogP contribution >= 0.6 is 0 Å². The molecule has 0 spiro atoms. The van der Waals surface area contributed by atoms with Gasteiger partial charge in [-0.2, -0.15) is 4.31 Å². The van der Waals surface area contributed by atoms with Gasteiger partial charge in [0, 0.05) is 33.2 Å². The van der Waals surface area contributed by atoms with Gasteiger partial charge < -0.3 is 15.4 Å². The largest absolute Gasteiger partial charge is 0.379 e. The minimum Gasteiger partial charge on any atom is -0.379 e. The van der Waals surface area contributed by atoms with Crippen molar-refractivity contribution in [1.82, 2.24) is 14.9 Å². The molecule has 0 atom stereocenters. The van der Waals surface area contributed by atoms with Crippen LogP contribution in [0.4, 0.5) is 0 Å². The van der Waals surface area contributed by atoms with Gasteiger partial charge in [0.05, 0.1) is 19.0 Å².